The monoisotopic (exact) mass is 415 g/mol. The normalized spacial score (nSPS) is 27.2. The van der Waals surface area contributed by atoms with Gasteiger partial charge in [-0.25, -0.2) is 0 Å². The molecule has 7 heteroatoms. The number of H-pyrrole nitrogens is 1. The zero-order valence-electron chi connectivity index (χ0n) is 17.1. The Balaban J connectivity index is 1.58. The first kappa shape index (κ1) is 20.3. The minimum Gasteiger partial charge on any atom is -0.376 e. The molecule has 29 heavy (non-hydrogen) atoms. The van der Waals surface area contributed by atoms with Gasteiger partial charge in [-0.2, -0.15) is 0 Å². The molecule has 2 fully saturated rings. The number of fused-ring (bicyclic) bond motifs is 1. The lowest BCUT2D eigenvalue weighted by atomic mass is 9.78. The van der Waals surface area contributed by atoms with Crippen LogP contribution in [0.15, 0.2) is 23.0 Å². The number of rotatable bonds is 4. The quantitative estimate of drug-likeness (QED) is 0.745. The summed E-state index contributed by atoms with van der Waals surface area (Å²) in [6.45, 7) is 5.66. The van der Waals surface area contributed by atoms with Crippen molar-refractivity contribution < 1.29 is 9.53 Å². The van der Waals surface area contributed by atoms with Crippen LogP contribution in [0.2, 0.25) is 0 Å². The van der Waals surface area contributed by atoms with Crippen LogP contribution in [0.25, 0.3) is 10.9 Å². The fourth-order valence-electron chi connectivity index (χ4n) is 4.59. The van der Waals surface area contributed by atoms with E-state index in [0.29, 0.717) is 39.6 Å². The van der Waals surface area contributed by atoms with E-state index in [1.54, 1.807) is 22.8 Å². The molecule has 1 saturated carbocycles. The maximum atomic E-state index is 12.9. The number of amides is 1. The second-order valence-electron chi connectivity index (χ2n) is 8.59. The highest BCUT2D eigenvalue weighted by Gasteiger charge is 2.28. The number of aromatic amines is 1. The summed E-state index contributed by atoms with van der Waals surface area (Å²) in [6.07, 6.45) is 5.37. The van der Waals surface area contributed by atoms with Crippen molar-refractivity contribution >= 4 is 29.0 Å². The van der Waals surface area contributed by atoms with Crippen LogP contribution < -0.4 is 10.9 Å². The third kappa shape index (κ3) is 4.16. The number of nitrogens with one attached hydrogen (secondary N) is 2. The molecule has 2 aliphatic rings. The third-order valence-electron chi connectivity index (χ3n) is 6.68. The van der Waals surface area contributed by atoms with Gasteiger partial charge in [-0.3, -0.25) is 14.2 Å². The molecule has 1 amide bonds. The zero-order valence-corrected chi connectivity index (χ0v) is 17.9. The molecular formula is C22H29N3O3S. The fourth-order valence-corrected chi connectivity index (χ4v) is 4.86. The summed E-state index contributed by atoms with van der Waals surface area (Å²) in [5, 5.41) is 3.73. The first-order chi connectivity index (χ1) is 13.9. The minimum absolute atomic E-state index is 0.0326. The largest absolute Gasteiger partial charge is 0.376 e. The van der Waals surface area contributed by atoms with E-state index in [1.807, 2.05) is 0 Å². The Bertz CT molecular complexity index is 1020. The summed E-state index contributed by atoms with van der Waals surface area (Å²) >= 11 is 5.42. The Kier molecular flexibility index (Phi) is 5.88. The lowest BCUT2D eigenvalue weighted by Gasteiger charge is -2.34. The Morgan fingerprint density at radius 3 is 2.86 bits per heavy atom. The molecule has 1 aromatic carbocycles. The molecule has 1 saturated heterocycles. The van der Waals surface area contributed by atoms with Gasteiger partial charge in [0, 0.05) is 18.2 Å². The van der Waals surface area contributed by atoms with Gasteiger partial charge in [-0.1, -0.05) is 26.7 Å². The Morgan fingerprint density at radius 2 is 2.10 bits per heavy atom. The van der Waals surface area contributed by atoms with Gasteiger partial charge in [-0.05, 0) is 61.5 Å². The minimum atomic E-state index is -0.138. The van der Waals surface area contributed by atoms with E-state index in [1.165, 1.54) is 6.42 Å². The smallest absolute Gasteiger partial charge is 0.262 e. The average molecular weight is 416 g/mol. The van der Waals surface area contributed by atoms with Crippen molar-refractivity contribution in [2.24, 2.45) is 11.8 Å². The van der Waals surface area contributed by atoms with Gasteiger partial charge in [0.2, 0.25) is 0 Å². The van der Waals surface area contributed by atoms with E-state index in [0.717, 1.165) is 32.3 Å². The van der Waals surface area contributed by atoms with Crippen LogP contribution in [0.3, 0.4) is 0 Å². The van der Waals surface area contributed by atoms with Crippen molar-refractivity contribution in [3.63, 3.8) is 0 Å². The molecular weight excluding hydrogens is 386 g/mol. The zero-order chi connectivity index (χ0) is 20.5. The second-order valence-corrected chi connectivity index (χ2v) is 8.98. The summed E-state index contributed by atoms with van der Waals surface area (Å²) < 4.78 is 7.58. The molecule has 0 radical (unpaired) electrons. The van der Waals surface area contributed by atoms with E-state index >= 15 is 0 Å². The number of carbonyl (C=O) groups excluding carboxylic acids is 1. The lowest BCUT2D eigenvalue weighted by Crippen LogP contribution is -2.43. The van der Waals surface area contributed by atoms with Crippen LogP contribution >= 0.6 is 12.2 Å². The van der Waals surface area contributed by atoms with E-state index < -0.39 is 0 Å². The van der Waals surface area contributed by atoms with Crippen LogP contribution in [-0.2, 0) is 11.3 Å². The van der Waals surface area contributed by atoms with Crippen molar-refractivity contribution in [1.82, 2.24) is 14.9 Å². The van der Waals surface area contributed by atoms with Gasteiger partial charge >= 0.3 is 0 Å². The molecule has 6 nitrogen and oxygen atoms in total. The predicted octanol–water partition coefficient (Wildman–Crippen LogP) is 3.79. The van der Waals surface area contributed by atoms with Crippen LogP contribution in [0.4, 0.5) is 0 Å². The highest BCUT2D eigenvalue weighted by Crippen LogP contribution is 2.29. The van der Waals surface area contributed by atoms with Crippen LogP contribution in [0.5, 0.6) is 0 Å². The summed E-state index contributed by atoms with van der Waals surface area (Å²) in [4.78, 5) is 28.9. The molecule has 0 spiro atoms. The molecule has 1 aliphatic heterocycles. The number of hydrogen-bond acceptors (Lipinski definition) is 4. The Labute approximate surface area is 175 Å². The fraction of sp³-hybridized carbons (Fsp3) is 0.591. The van der Waals surface area contributed by atoms with Crippen molar-refractivity contribution in [1.29, 1.82) is 0 Å². The molecule has 4 atom stereocenters. The van der Waals surface area contributed by atoms with Gasteiger partial charge in [0.25, 0.3) is 11.5 Å². The lowest BCUT2D eigenvalue weighted by molar-refractivity contribution is 0.0891. The van der Waals surface area contributed by atoms with Crippen molar-refractivity contribution in [3.05, 3.63) is 38.9 Å². The maximum absolute atomic E-state index is 12.9. The van der Waals surface area contributed by atoms with E-state index in [-0.39, 0.29) is 23.6 Å². The van der Waals surface area contributed by atoms with E-state index in [9.17, 15) is 9.59 Å². The van der Waals surface area contributed by atoms with E-state index in [2.05, 4.69) is 24.1 Å². The molecule has 2 heterocycles. The van der Waals surface area contributed by atoms with Gasteiger partial charge in [0.1, 0.15) is 0 Å². The first-order valence-corrected chi connectivity index (χ1v) is 11.0. The topological polar surface area (TPSA) is 76.1 Å². The van der Waals surface area contributed by atoms with Gasteiger partial charge in [-0.15, -0.1) is 0 Å². The summed E-state index contributed by atoms with van der Waals surface area (Å²) in [6, 6.07) is 5.37. The second kappa shape index (κ2) is 8.40. The maximum Gasteiger partial charge on any atom is 0.262 e. The summed E-state index contributed by atoms with van der Waals surface area (Å²) in [5.74, 6) is 0.980. The first-order valence-electron chi connectivity index (χ1n) is 10.6. The van der Waals surface area contributed by atoms with Crippen molar-refractivity contribution in [3.8, 4) is 0 Å². The van der Waals surface area contributed by atoms with Crippen LogP contribution in [0, 0.1) is 16.6 Å². The molecule has 156 valence electrons. The van der Waals surface area contributed by atoms with Gasteiger partial charge in [0.05, 0.1) is 23.6 Å². The number of hydrogen-bond donors (Lipinski definition) is 2. The standard InChI is InChI=1S/C22H29N3O3S/c1-13-5-3-7-18(14(13)2)23-20(26)15-8-9-17-19(11-15)24-22(29)25(21(17)27)12-16-6-4-10-28-16/h8-9,11,13-14,16,18H,3-7,10,12H2,1-2H3,(H,23,26)(H,24,29). The number of ether oxygens (including phenoxy) is 1. The number of benzene rings is 1. The van der Waals surface area contributed by atoms with Crippen molar-refractivity contribution in [2.75, 3.05) is 6.61 Å². The molecule has 4 rings (SSSR count). The van der Waals surface area contributed by atoms with Crippen molar-refractivity contribution in [2.45, 2.75) is 64.6 Å². The number of carbonyl (C=O) groups is 1. The number of nitrogens with zero attached hydrogens (tertiary/aromatic N) is 1. The van der Waals surface area contributed by atoms with E-state index in [4.69, 9.17) is 17.0 Å². The Hall–Kier alpha value is -1.99. The summed E-state index contributed by atoms with van der Waals surface area (Å²) in [5.41, 5.74) is 1.01. The summed E-state index contributed by atoms with van der Waals surface area (Å²) in [7, 11) is 0. The third-order valence-corrected chi connectivity index (χ3v) is 7.00. The predicted molar refractivity (Wildman–Crippen MR) is 116 cm³/mol. The molecule has 0 bridgehead atoms. The molecule has 2 N–H and O–H groups in total. The molecule has 2 aromatic rings. The number of aromatic nitrogens is 2. The van der Waals surface area contributed by atoms with Gasteiger partial charge < -0.3 is 15.0 Å². The molecule has 1 aliphatic carbocycles. The molecule has 4 unspecified atom stereocenters. The highest BCUT2D eigenvalue weighted by atomic mass is 32.1. The molecule has 1 aromatic heterocycles. The average Bonchev–Trinajstić information content (AvgIpc) is 3.21. The Morgan fingerprint density at radius 1 is 1.28 bits per heavy atom. The SMILES string of the molecule is CC1CCCC(NC(=O)c2ccc3c(=O)n(CC4CCCO4)c(=S)[nH]c3c2)C1C. The van der Waals surface area contributed by atoms with Crippen LogP contribution in [-0.4, -0.2) is 34.2 Å². The highest BCUT2D eigenvalue weighted by molar-refractivity contribution is 7.71. The van der Waals surface area contributed by atoms with Crippen LogP contribution in [0.1, 0.15) is 56.3 Å². The van der Waals surface area contributed by atoms with Gasteiger partial charge in [0.15, 0.2) is 4.77 Å².